The molecule has 2 rings (SSSR count). The number of carbonyl (C=O) groups excluding carboxylic acids is 4. The smallest absolute Gasteiger partial charge is 0.245 e. The molecule has 1 fully saturated rings. The van der Waals surface area contributed by atoms with Gasteiger partial charge in [0, 0.05) is 33.5 Å². The number of likely N-dealkylation sites (N-methyl/N-ethyl adjacent to an activating group) is 2. The summed E-state index contributed by atoms with van der Waals surface area (Å²) in [5.74, 6) is -1.26. The molecule has 4 amide bonds. The number of amides is 4. The summed E-state index contributed by atoms with van der Waals surface area (Å²) in [4.78, 5) is 60.1. The predicted molar refractivity (Wildman–Crippen MR) is 190 cm³/mol. The van der Waals surface area contributed by atoms with Crippen molar-refractivity contribution in [2.75, 3.05) is 47.2 Å². The van der Waals surface area contributed by atoms with Crippen LogP contribution in [0.5, 0.6) is 0 Å². The van der Waals surface area contributed by atoms with E-state index in [9.17, 15) is 19.2 Å². The third-order valence-corrected chi connectivity index (χ3v) is 9.99. The summed E-state index contributed by atoms with van der Waals surface area (Å²) in [5.41, 5.74) is 0.706. The number of likely N-dealkylation sites (tertiary alicyclic amines) is 1. The van der Waals surface area contributed by atoms with E-state index in [0.717, 1.165) is 19.3 Å². The summed E-state index contributed by atoms with van der Waals surface area (Å²) in [6, 6.07) is 7.48. The number of hydrogen-bond acceptors (Lipinski definition) is 7. The number of benzene rings is 1. The van der Waals surface area contributed by atoms with Gasteiger partial charge in [-0.15, -0.1) is 0 Å². The minimum absolute atomic E-state index is 0.00760. The van der Waals surface area contributed by atoms with Gasteiger partial charge < -0.3 is 29.9 Å². The molecule has 48 heavy (non-hydrogen) atoms. The van der Waals surface area contributed by atoms with Crippen LogP contribution in [0.1, 0.15) is 74.1 Å². The van der Waals surface area contributed by atoms with E-state index in [4.69, 9.17) is 9.47 Å². The number of nitrogens with zero attached hydrogens (tertiary/aromatic N) is 3. The van der Waals surface area contributed by atoms with Crippen LogP contribution in [0.3, 0.4) is 0 Å². The zero-order chi connectivity index (χ0) is 36.3. The van der Waals surface area contributed by atoms with E-state index in [0.29, 0.717) is 12.2 Å². The number of hydrogen-bond donors (Lipinski definition) is 2. The van der Waals surface area contributed by atoms with Gasteiger partial charge in [-0.25, -0.2) is 0 Å². The van der Waals surface area contributed by atoms with E-state index in [1.54, 1.807) is 26.2 Å². The predicted octanol–water partition coefficient (Wildman–Crippen LogP) is 4.27. The van der Waals surface area contributed by atoms with Crippen LogP contribution in [-0.2, 0) is 28.7 Å². The lowest BCUT2D eigenvalue weighted by Gasteiger charge is -2.41. The summed E-state index contributed by atoms with van der Waals surface area (Å²) < 4.78 is 11.9. The molecule has 0 aromatic heterocycles. The summed E-state index contributed by atoms with van der Waals surface area (Å²) in [5, 5.41) is 6.00. The van der Waals surface area contributed by atoms with Crippen LogP contribution in [0.4, 0.5) is 5.69 Å². The molecule has 0 saturated carbocycles. The molecule has 1 aliphatic rings. The highest BCUT2D eigenvalue weighted by Gasteiger charge is 2.43. The second-order valence-corrected chi connectivity index (χ2v) is 14.3. The first-order valence-corrected chi connectivity index (χ1v) is 17.5. The average Bonchev–Trinajstić information content (AvgIpc) is 3.52. The molecule has 8 atom stereocenters. The Balaban J connectivity index is 2.27. The van der Waals surface area contributed by atoms with Crippen molar-refractivity contribution in [3.8, 4) is 0 Å². The molecule has 1 saturated heterocycles. The summed E-state index contributed by atoms with van der Waals surface area (Å²) in [7, 11) is 8.63. The first-order valence-electron chi connectivity index (χ1n) is 17.5. The van der Waals surface area contributed by atoms with Gasteiger partial charge in [0.1, 0.15) is 6.04 Å². The van der Waals surface area contributed by atoms with Gasteiger partial charge in [0.05, 0.1) is 42.7 Å². The zero-order valence-corrected chi connectivity index (χ0v) is 31.5. The number of anilines is 1. The Bertz CT molecular complexity index is 1170. The highest BCUT2D eigenvalue weighted by atomic mass is 16.5. The van der Waals surface area contributed by atoms with Gasteiger partial charge in [-0.2, -0.15) is 0 Å². The van der Waals surface area contributed by atoms with Crippen molar-refractivity contribution in [2.45, 2.75) is 111 Å². The van der Waals surface area contributed by atoms with Crippen LogP contribution in [-0.4, -0.2) is 117 Å². The monoisotopic (exact) mass is 673 g/mol. The Kier molecular flexibility index (Phi) is 16.5. The van der Waals surface area contributed by atoms with Crippen LogP contribution < -0.4 is 10.6 Å². The van der Waals surface area contributed by atoms with E-state index in [1.807, 2.05) is 88.8 Å². The fourth-order valence-corrected chi connectivity index (χ4v) is 7.19. The van der Waals surface area contributed by atoms with Crippen LogP contribution >= 0.6 is 0 Å². The third kappa shape index (κ3) is 10.5. The summed E-state index contributed by atoms with van der Waals surface area (Å²) in [6.45, 7) is 14.3. The Morgan fingerprint density at radius 1 is 0.917 bits per heavy atom. The van der Waals surface area contributed by atoms with Gasteiger partial charge in [-0.1, -0.05) is 73.1 Å². The van der Waals surface area contributed by atoms with Crippen molar-refractivity contribution in [3.05, 3.63) is 30.3 Å². The molecular formula is C37H63N5O6. The van der Waals surface area contributed by atoms with E-state index < -0.39 is 30.2 Å². The number of nitrogens with one attached hydrogen (secondary N) is 2. The van der Waals surface area contributed by atoms with Crippen molar-refractivity contribution < 1.29 is 28.7 Å². The largest absolute Gasteiger partial charge is 0.379 e. The van der Waals surface area contributed by atoms with E-state index in [1.165, 1.54) is 0 Å². The third-order valence-electron chi connectivity index (χ3n) is 9.99. The summed E-state index contributed by atoms with van der Waals surface area (Å²) >= 11 is 0. The molecule has 1 heterocycles. The maximum absolute atomic E-state index is 14.1. The highest BCUT2D eigenvalue weighted by Crippen LogP contribution is 2.30. The fraction of sp³-hybridized carbons (Fsp3) is 0.730. The molecule has 1 aromatic carbocycles. The van der Waals surface area contributed by atoms with Gasteiger partial charge in [0.25, 0.3) is 0 Å². The van der Waals surface area contributed by atoms with Gasteiger partial charge in [0.15, 0.2) is 0 Å². The summed E-state index contributed by atoms with van der Waals surface area (Å²) in [6.07, 6.45) is 1.26. The first kappa shape index (κ1) is 41.2. The second-order valence-electron chi connectivity index (χ2n) is 14.3. The topological polar surface area (TPSA) is 121 Å². The maximum Gasteiger partial charge on any atom is 0.245 e. The fourth-order valence-electron chi connectivity index (χ4n) is 7.19. The number of rotatable bonds is 18. The molecule has 0 aliphatic carbocycles. The van der Waals surface area contributed by atoms with Gasteiger partial charge in [0.2, 0.25) is 23.6 Å². The van der Waals surface area contributed by atoms with E-state index in [2.05, 4.69) is 24.5 Å². The van der Waals surface area contributed by atoms with Crippen molar-refractivity contribution in [1.82, 2.24) is 20.0 Å². The lowest BCUT2D eigenvalue weighted by Crippen LogP contribution is -2.59. The lowest BCUT2D eigenvalue weighted by atomic mass is 9.89. The molecule has 1 aliphatic heterocycles. The standard InChI is InChI=1S/C37H63N5O6/c1-13-25(6)33(41(10)37(46)31(23(2)3)39-36(45)32(24(4)5)40(8)9)29(47-11)22-30(43)42-21-17-20-28(42)34(48-12)26(7)35(44)38-27-18-15-14-16-19-27/h14-16,18-19,23-26,28-29,31-34H,13,17,20-22H2,1-12H3,(H,38,44)(H,39,45)/t25-,26+,28-,29+,31-,32-,33-,34+/m0/s1. The molecule has 2 N–H and O–H groups in total. The van der Waals surface area contributed by atoms with Crippen LogP contribution in [0.25, 0.3) is 0 Å². The van der Waals surface area contributed by atoms with Crippen molar-refractivity contribution in [2.24, 2.45) is 23.7 Å². The normalized spacial score (nSPS) is 19.4. The van der Waals surface area contributed by atoms with Gasteiger partial charge in [-0.3, -0.25) is 24.1 Å². The quantitative estimate of drug-likeness (QED) is 0.239. The molecule has 0 bridgehead atoms. The van der Waals surface area contributed by atoms with Crippen LogP contribution in [0.2, 0.25) is 0 Å². The Labute approximate surface area is 289 Å². The van der Waals surface area contributed by atoms with Crippen molar-refractivity contribution in [1.29, 1.82) is 0 Å². The Morgan fingerprint density at radius 3 is 2.04 bits per heavy atom. The minimum atomic E-state index is -0.739. The molecule has 0 unspecified atom stereocenters. The minimum Gasteiger partial charge on any atom is -0.379 e. The molecule has 1 aromatic rings. The van der Waals surface area contributed by atoms with Gasteiger partial charge in [-0.05, 0) is 56.8 Å². The highest BCUT2D eigenvalue weighted by molar-refractivity contribution is 5.93. The van der Waals surface area contributed by atoms with E-state index in [-0.39, 0.29) is 59.9 Å². The average molecular weight is 674 g/mol. The number of ether oxygens (including phenoxy) is 2. The Hall–Kier alpha value is -3.02. The molecule has 11 nitrogen and oxygen atoms in total. The van der Waals surface area contributed by atoms with Crippen molar-refractivity contribution in [3.63, 3.8) is 0 Å². The van der Waals surface area contributed by atoms with Crippen molar-refractivity contribution >= 4 is 29.3 Å². The SMILES string of the molecule is CC[C@H](C)[C@@H]([C@@H](CC(=O)N1CCC[C@H]1[C@H](OC)[C@@H](C)C(=O)Nc1ccccc1)OC)N(C)C(=O)[C@@H](NC(=O)[C@H](C(C)C)N(C)C)C(C)C. The lowest BCUT2D eigenvalue weighted by molar-refractivity contribution is -0.147. The Morgan fingerprint density at radius 2 is 1.54 bits per heavy atom. The van der Waals surface area contributed by atoms with Crippen LogP contribution in [0, 0.1) is 23.7 Å². The van der Waals surface area contributed by atoms with E-state index >= 15 is 0 Å². The molecule has 0 radical (unpaired) electrons. The van der Waals surface area contributed by atoms with Gasteiger partial charge >= 0.3 is 0 Å². The number of carbonyl (C=O) groups is 4. The maximum atomic E-state index is 14.1. The second kappa shape index (κ2) is 19.2. The van der Waals surface area contributed by atoms with Crippen LogP contribution in [0.15, 0.2) is 30.3 Å². The number of methoxy groups -OCH3 is 2. The molecule has 11 heteroatoms. The molecule has 272 valence electrons. The molecule has 0 spiro atoms. The number of para-hydroxylation sites is 1. The zero-order valence-electron chi connectivity index (χ0n) is 31.5. The molecular weight excluding hydrogens is 610 g/mol. The first-order chi connectivity index (χ1) is 22.6.